The van der Waals surface area contributed by atoms with E-state index in [2.05, 4.69) is 15.5 Å². The standard InChI is InChI=1S/C11H20N4O2S/c1-4-15(10-5-6-12-7-10)18(16,17)11-8(2)13-14-9(11)3/h10,12H,4-7H2,1-3H3,(H,13,14). The Morgan fingerprint density at radius 3 is 2.61 bits per heavy atom. The molecule has 0 amide bonds. The van der Waals surface area contributed by atoms with Crippen molar-refractivity contribution in [3.8, 4) is 0 Å². The molecule has 1 aromatic heterocycles. The fourth-order valence-electron chi connectivity index (χ4n) is 2.55. The van der Waals surface area contributed by atoms with Gasteiger partial charge < -0.3 is 5.32 Å². The van der Waals surface area contributed by atoms with Gasteiger partial charge in [-0.05, 0) is 26.8 Å². The van der Waals surface area contributed by atoms with E-state index in [0.29, 0.717) is 22.8 Å². The Morgan fingerprint density at radius 1 is 1.44 bits per heavy atom. The number of aromatic amines is 1. The van der Waals surface area contributed by atoms with E-state index in [-0.39, 0.29) is 6.04 Å². The minimum absolute atomic E-state index is 0.0497. The number of aryl methyl sites for hydroxylation is 2. The van der Waals surface area contributed by atoms with Gasteiger partial charge in [-0.25, -0.2) is 8.42 Å². The van der Waals surface area contributed by atoms with Crippen LogP contribution in [-0.2, 0) is 10.0 Å². The Bertz CT molecular complexity index is 498. The van der Waals surface area contributed by atoms with E-state index in [9.17, 15) is 8.42 Å². The fourth-order valence-corrected chi connectivity index (χ4v) is 4.55. The van der Waals surface area contributed by atoms with Crippen molar-refractivity contribution < 1.29 is 8.42 Å². The molecule has 0 bridgehead atoms. The largest absolute Gasteiger partial charge is 0.315 e. The van der Waals surface area contributed by atoms with Gasteiger partial charge in [0, 0.05) is 19.1 Å². The van der Waals surface area contributed by atoms with E-state index in [1.165, 1.54) is 0 Å². The van der Waals surface area contributed by atoms with Crippen molar-refractivity contribution in [2.45, 2.75) is 38.1 Å². The average molecular weight is 272 g/mol. The van der Waals surface area contributed by atoms with Crippen LogP contribution in [0.1, 0.15) is 24.7 Å². The molecule has 102 valence electrons. The Balaban J connectivity index is 2.40. The smallest absolute Gasteiger partial charge is 0.247 e. The number of hydrogen-bond donors (Lipinski definition) is 2. The van der Waals surface area contributed by atoms with Crippen LogP contribution in [0.2, 0.25) is 0 Å². The summed E-state index contributed by atoms with van der Waals surface area (Å²) >= 11 is 0. The Morgan fingerprint density at radius 2 is 2.17 bits per heavy atom. The van der Waals surface area contributed by atoms with Gasteiger partial charge in [0.1, 0.15) is 4.90 Å². The number of hydrogen-bond acceptors (Lipinski definition) is 4. The zero-order chi connectivity index (χ0) is 13.3. The lowest BCUT2D eigenvalue weighted by molar-refractivity contribution is 0.348. The lowest BCUT2D eigenvalue weighted by Gasteiger charge is -2.26. The molecule has 0 aliphatic carbocycles. The highest BCUT2D eigenvalue weighted by Gasteiger charge is 2.34. The lowest BCUT2D eigenvalue weighted by Crippen LogP contribution is -2.41. The van der Waals surface area contributed by atoms with Crippen molar-refractivity contribution in [1.82, 2.24) is 19.8 Å². The predicted molar refractivity (Wildman–Crippen MR) is 68.9 cm³/mol. The number of sulfonamides is 1. The first-order chi connectivity index (χ1) is 8.48. The van der Waals surface area contributed by atoms with E-state index < -0.39 is 10.0 Å². The van der Waals surface area contributed by atoms with E-state index in [1.807, 2.05) is 6.92 Å². The van der Waals surface area contributed by atoms with Gasteiger partial charge in [-0.15, -0.1) is 0 Å². The van der Waals surface area contributed by atoms with E-state index >= 15 is 0 Å². The van der Waals surface area contributed by atoms with Crippen LogP contribution in [0.15, 0.2) is 4.90 Å². The maximum Gasteiger partial charge on any atom is 0.247 e. The molecular weight excluding hydrogens is 252 g/mol. The zero-order valence-electron chi connectivity index (χ0n) is 11.0. The molecule has 1 fully saturated rings. The molecular formula is C11H20N4O2S. The summed E-state index contributed by atoms with van der Waals surface area (Å²) < 4.78 is 27.0. The zero-order valence-corrected chi connectivity index (χ0v) is 11.8. The van der Waals surface area contributed by atoms with Crippen LogP contribution in [0.3, 0.4) is 0 Å². The average Bonchev–Trinajstić information content (AvgIpc) is 2.90. The first-order valence-corrected chi connectivity index (χ1v) is 7.66. The van der Waals surface area contributed by atoms with E-state index in [4.69, 9.17) is 0 Å². The molecule has 0 spiro atoms. The highest BCUT2D eigenvalue weighted by Crippen LogP contribution is 2.24. The summed E-state index contributed by atoms with van der Waals surface area (Å²) in [6, 6.07) is 0.0497. The van der Waals surface area contributed by atoms with Crippen LogP contribution in [0.5, 0.6) is 0 Å². The second kappa shape index (κ2) is 4.99. The second-order valence-electron chi connectivity index (χ2n) is 4.62. The Hall–Kier alpha value is -0.920. The molecule has 0 radical (unpaired) electrons. The summed E-state index contributed by atoms with van der Waals surface area (Å²) in [7, 11) is -3.45. The molecule has 1 atom stereocenters. The summed E-state index contributed by atoms with van der Waals surface area (Å²) in [4.78, 5) is 0.330. The molecule has 2 heterocycles. The maximum absolute atomic E-state index is 12.7. The highest BCUT2D eigenvalue weighted by molar-refractivity contribution is 7.89. The van der Waals surface area contributed by atoms with Crippen molar-refractivity contribution in [3.63, 3.8) is 0 Å². The summed E-state index contributed by atoms with van der Waals surface area (Å²) in [5.74, 6) is 0. The summed E-state index contributed by atoms with van der Waals surface area (Å²) in [6.07, 6.45) is 0.864. The topological polar surface area (TPSA) is 78.1 Å². The van der Waals surface area contributed by atoms with Crippen molar-refractivity contribution in [1.29, 1.82) is 0 Å². The number of nitrogens with zero attached hydrogens (tertiary/aromatic N) is 2. The molecule has 0 aromatic carbocycles. The molecule has 2 N–H and O–H groups in total. The van der Waals surface area contributed by atoms with E-state index in [1.54, 1.807) is 18.2 Å². The fraction of sp³-hybridized carbons (Fsp3) is 0.727. The number of likely N-dealkylation sites (N-methyl/N-ethyl adjacent to an activating group) is 1. The molecule has 6 nitrogen and oxygen atoms in total. The SMILES string of the molecule is CCN(C1CCNC1)S(=O)(=O)c1c(C)n[nH]c1C. The highest BCUT2D eigenvalue weighted by atomic mass is 32.2. The quantitative estimate of drug-likeness (QED) is 0.831. The van der Waals surface area contributed by atoms with Crippen LogP contribution in [0, 0.1) is 13.8 Å². The van der Waals surface area contributed by atoms with Gasteiger partial charge in [-0.2, -0.15) is 9.40 Å². The van der Waals surface area contributed by atoms with Crippen LogP contribution >= 0.6 is 0 Å². The Labute approximate surface area is 108 Å². The third kappa shape index (κ3) is 2.17. The summed E-state index contributed by atoms with van der Waals surface area (Å²) in [5, 5.41) is 9.92. The van der Waals surface area contributed by atoms with Crippen LogP contribution < -0.4 is 5.32 Å². The molecule has 1 unspecified atom stereocenters. The third-order valence-corrected chi connectivity index (χ3v) is 5.67. The first-order valence-electron chi connectivity index (χ1n) is 6.22. The van der Waals surface area contributed by atoms with Crippen molar-refractivity contribution in [3.05, 3.63) is 11.4 Å². The maximum atomic E-state index is 12.7. The minimum atomic E-state index is -3.45. The van der Waals surface area contributed by atoms with Gasteiger partial charge in [-0.1, -0.05) is 6.92 Å². The second-order valence-corrected chi connectivity index (χ2v) is 6.45. The minimum Gasteiger partial charge on any atom is -0.315 e. The number of rotatable bonds is 4. The Kier molecular flexibility index (Phi) is 3.74. The molecule has 18 heavy (non-hydrogen) atoms. The first kappa shape index (κ1) is 13.5. The van der Waals surface area contributed by atoms with Crippen LogP contribution in [0.25, 0.3) is 0 Å². The number of H-pyrrole nitrogens is 1. The molecule has 1 saturated heterocycles. The third-order valence-electron chi connectivity index (χ3n) is 3.38. The van der Waals surface area contributed by atoms with Gasteiger partial charge in [0.2, 0.25) is 10.0 Å². The van der Waals surface area contributed by atoms with Gasteiger partial charge in [0.05, 0.1) is 11.4 Å². The van der Waals surface area contributed by atoms with Crippen molar-refractivity contribution in [2.75, 3.05) is 19.6 Å². The van der Waals surface area contributed by atoms with Crippen LogP contribution in [-0.4, -0.2) is 48.6 Å². The van der Waals surface area contributed by atoms with Gasteiger partial charge >= 0.3 is 0 Å². The van der Waals surface area contributed by atoms with Gasteiger partial charge in [0.25, 0.3) is 0 Å². The summed E-state index contributed by atoms with van der Waals surface area (Å²) in [5.41, 5.74) is 1.15. The molecule has 0 saturated carbocycles. The number of aromatic nitrogens is 2. The lowest BCUT2D eigenvalue weighted by atomic mass is 10.3. The number of nitrogens with one attached hydrogen (secondary N) is 2. The van der Waals surface area contributed by atoms with Crippen molar-refractivity contribution in [2.24, 2.45) is 0 Å². The van der Waals surface area contributed by atoms with Crippen molar-refractivity contribution >= 4 is 10.0 Å². The molecule has 2 rings (SSSR count). The molecule has 7 heteroatoms. The summed E-state index contributed by atoms with van der Waals surface area (Å²) in [6.45, 7) is 7.42. The monoisotopic (exact) mass is 272 g/mol. The van der Waals surface area contributed by atoms with Crippen LogP contribution in [0.4, 0.5) is 0 Å². The predicted octanol–water partition coefficient (Wildman–Crippen LogP) is 0.399. The molecule has 1 aliphatic rings. The molecule has 1 aromatic rings. The normalized spacial score (nSPS) is 20.8. The molecule has 1 aliphatic heterocycles. The van der Waals surface area contributed by atoms with Gasteiger partial charge in [-0.3, -0.25) is 5.10 Å². The van der Waals surface area contributed by atoms with Gasteiger partial charge in [0.15, 0.2) is 0 Å². The van der Waals surface area contributed by atoms with E-state index in [0.717, 1.165) is 19.5 Å².